The second kappa shape index (κ2) is 14.3. The van der Waals surface area contributed by atoms with Gasteiger partial charge >= 0.3 is 0 Å². The van der Waals surface area contributed by atoms with E-state index in [0.717, 1.165) is 38.0 Å². The molecule has 4 heteroatoms. The van der Waals surface area contributed by atoms with E-state index in [9.17, 15) is 4.79 Å². The number of fused-ring (bicyclic) bond motifs is 1. The lowest BCUT2D eigenvalue weighted by atomic mass is 9.87. The van der Waals surface area contributed by atoms with Crippen LogP contribution < -0.4 is 0 Å². The Hall–Kier alpha value is -3.21. The third kappa shape index (κ3) is 7.59. The summed E-state index contributed by atoms with van der Waals surface area (Å²) in [6, 6.07) is 28.0. The number of Topliss-reactive ketones (excluding diaryl/α,β-unsaturated/α-hetero) is 1. The quantitative estimate of drug-likeness (QED) is 0.140. The molecule has 0 saturated carbocycles. The van der Waals surface area contributed by atoms with Crippen LogP contribution in [-0.2, 0) is 13.0 Å². The first-order valence-corrected chi connectivity index (χ1v) is 16.4. The summed E-state index contributed by atoms with van der Waals surface area (Å²) in [5, 5.41) is 1.38. The molecule has 2 fully saturated rings. The molecule has 1 N–H and O–H groups in total. The van der Waals surface area contributed by atoms with E-state index in [1.54, 1.807) is 0 Å². The highest BCUT2D eigenvalue weighted by molar-refractivity contribution is 5.96. The van der Waals surface area contributed by atoms with Gasteiger partial charge in [0.1, 0.15) is 0 Å². The standard InChI is InChI=1S/C38H47N3O/c42-38(18-13-30-19-24-41(25-20-30)29-31-8-2-1-3-9-31)34-16-14-32(15-17-34)33-21-26-40(27-22-33)23-7-6-10-35-28-39-37-12-5-4-11-36(35)37/h1-5,8-9,11-12,14-17,28,30,33,39H,6-7,10,13,18-27,29H2. The average Bonchev–Trinajstić information content (AvgIpc) is 3.46. The molecule has 0 spiro atoms. The van der Waals surface area contributed by atoms with E-state index in [0.29, 0.717) is 24.0 Å². The topological polar surface area (TPSA) is 39.3 Å². The van der Waals surface area contributed by atoms with Gasteiger partial charge in [0.2, 0.25) is 0 Å². The van der Waals surface area contributed by atoms with Gasteiger partial charge < -0.3 is 9.88 Å². The van der Waals surface area contributed by atoms with Gasteiger partial charge in [-0.1, -0.05) is 72.8 Å². The molecule has 6 rings (SSSR count). The zero-order valence-electron chi connectivity index (χ0n) is 25.1. The second-order valence-corrected chi connectivity index (χ2v) is 12.7. The largest absolute Gasteiger partial charge is 0.361 e. The molecular weight excluding hydrogens is 514 g/mol. The van der Waals surface area contributed by atoms with E-state index >= 15 is 0 Å². The van der Waals surface area contributed by atoms with Gasteiger partial charge in [0.15, 0.2) is 5.78 Å². The molecule has 42 heavy (non-hydrogen) atoms. The minimum Gasteiger partial charge on any atom is -0.361 e. The number of aromatic amines is 1. The molecule has 1 aromatic heterocycles. The third-order valence-corrected chi connectivity index (χ3v) is 9.87. The van der Waals surface area contributed by atoms with Gasteiger partial charge in [0, 0.05) is 35.6 Å². The molecule has 3 heterocycles. The Labute approximate surface area is 252 Å². The first kappa shape index (κ1) is 28.9. The van der Waals surface area contributed by atoms with E-state index in [-0.39, 0.29) is 0 Å². The predicted molar refractivity (Wildman–Crippen MR) is 174 cm³/mol. The van der Waals surface area contributed by atoms with E-state index in [4.69, 9.17) is 0 Å². The van der Waals surface area contributed by atoms with Crippen LogP contribution in [0.2, 0.25) is 0 Å². The highest BCUT2D eigenvalue weighted by Crippen LogP contribution is 2.29. The van der Waals surface area contributed by atoms with Gasteiger partial charge in [0.25, 0.3) is 0 Å². The van der Waals surface area contributed by atoms with Crippen molar-refractivity contribution >= 4 is 16.7 Å². The molecule has 4 nitrogen and oxygen atoms in total. The maximum absolute atomic E-state index is 13.0. The summed E-state index contributed by atoms with van der Waals surface area (Å²) in [6.07, 6.45) is 12.4. The Morgan fingerprint density at radius 2 is 1.48 bits per heavy atom. The van der Waals surface area contributed by atoms with Gasteiger partial charge in [-0.05, 0) is 119 Å². The minimum atomic E-state index is 0.315. The highest BCUT2D eigenvalue weighted by Gasteiger charge is 2.22. The van der Waals surface area contributed by atoms with Gasteiger partial charge in [-0.25, -0.2) is 0 Å². The molecule has 2 aliphatic rings. The van der Waals surface area contributed by atoms with Crippen molar-refractivity contribution in [2.75, 3.05) is 32.7 Å². The van der Waals surface area contributed by atoms with Crippen molar-refractivity contribution in [1.29, 1.82) is 0 Å². The Bertz CT molecular complexity index is 1390. The third-order valence-electron chi connectivity index (χ3n) is 9.87. The number of hydrogen-bond donors (Lipinski definition) is 1. The van der Waals surface area contributed by atoms with Crippen LogP contribution in [0, 0.1) is 5.92 Å². The van der Waals surface area contributed by atoms with Gasteiger partial charge in [-0.2, -0.15) is 0 Å². The number of carbonyl (C=O) groups is 1. The summed E-state index contributed by atoms with van der Waals surface area (Å²) < 4.78 is 0. The summed E-state index contributed by atoms with van der Waals surface area (Å²) in [5.74, 6) is 1.62. The Morgan fingerprint density at radius 1 is 0.762 bits per heavy atom. The number of carbonyl (C=O) groups excluding carboxylic acids is 1. The van der Waals surface area contributed by atoms with Crippen molar-refractivity contribution in [3.05, 3.63) is 107 Å². The number of rotatable bonds is 12. The molecule has 0 bridgehead atoms. The molecular formula is C38H47N3O. The van der Waals surface area contributed by atoms with E-state index in [2.05, 4.69) is 99.8 Å². The lowest BCUT2D eigenvalue weighted by Gasteiger charge is -2.32. The number of piperidine rings is 2. The Morgan fingerprint density at radius 3 is 2.26 bits per heavy atom. The number of nitrogens with zero attached hydrogens (tertiary/aromatic N) is 2. The van der Waals surface area contributed by atoms with Crippen LogP contribution in [0.1, 0.15) is 84.3 Å². The lowest BCUT2D eigenvalue weighted by molar-refractivity contribution is 0.0961. The fourth-order valence-electron chi connectivity index (χ4n) is 7.17. The Kier molecular flexibility index (Phi) is 9.84. The van der Waals surface area contributed by atoms with Crippen LogP contribution in [0.25, 0.3) is 10.9 Å². The fourth-order valence-corrected chi connectivity index (χ4v) is 7.17. The highest BCUT2D eigenvalue weighted by atomic mass is 16.1. The maximum Gasteiger partial charge on any atom is 0.162 e. The molecule has 0 radical (unpaired) electrons. The van der Waals surface area contributed by atoms with Gasteiger partial charge in [-0.15, -0.1) is 0 Å². The zero-order valence-corrected chi connectivity index (χ0v) is 25.1. The molecule has 0 aliphatic carbocycles. The summed E-state index contributed by atoms with van der Waals surface area (Å²) in [6.45, 7) is 6.91. The van der Waals surface area contributed by atoms with Crippen molar-refractivity contribution in [2.24, 2.45) is 5.92 Å². The molecule has 2 saturated heterocycles. The number of benzene rings is 3. The minimum absolute atomic E-state index is 0.315. The van der Waals surface area contributed by atoms with Crippen LogP contribution in [0.4, 0.5) is 0 Å². The summed E-state index contributed by atoms with van der Waals surface area (Å²) in [7, 11) is 0. The fraction of sp³-hybridized carbons (Fsp3) is 0.447. The van der Waals surface area contributed by atoms with Gasteiger partial charge in [0.05, 0.1) is 0 Å². The van der Waals surface area contributed by atoms with Crippen LogP contribution in [-0.4, -0.2) is 53.3 Å². The molecule has 4 aromatic rings. The first-order chi connectivity index (χ1) is 20.7. The molecule has 0 atom stereocenters. The smallest absolute Gasteiger partial charge is 0.162 e. The van der Waals surface area contributed by atoms with E-state index < -0.39 is 0 Å². The second-order valence-electron chi connectivity index (χ2n) is 12.7. The summed E-state index contributed by atoms with van der Waals surface area (Å²) >= 11 is 0. The van der Waals surface area contributed by atoms with Crippen molar-refractivity contribution in [1.82, 2.24) is 14.8 Å². The van der Waals surface area contributed by atoms with Crippen LogP contribution in [0.5, 0.6) is 0 Å². The monoisotopic (exact) mass is 561 g/mol. The molecule has 0 amide bonds. The van der Waals surface area contributed by atoms with Crippen LogP contribution in [0.3, 0.4) is 0 Å². The number of ketones is 1. The number of aryl methyl sites for hydroxylation is 1. The Balaban J connectivity index is 0.870. The molecule has 3 aromatic carbocycles. The van der Waals surface area contributed by atoms with E-state index in [1.807, 2.05) is 0 Å². The molecule has 220 valence electrons. The number of para-hydroxylation sites is 1. The number of nitrogens with one attached hydrogen (secondary N) is 1. The SMILES string of the molecule is O=C(CCC1CCN(Cc2ccccc2)CC1)c1ccc(C2CCN(CCCCc3c[nH]c4ccccc34)CC2)cc1. The maximum atomic E-state index is 13.0. The summed E-state index contributed by atoms with van der Waals surface area (Å²) in [5.41, 5.74) is 6.40. The average molecular weight is 562 g/mol. The number of H-pyrrole nitrogens is 1. The number of aromatic nitrogens is 1. The molecule has 0 unspecified atom stereocenters. The first-order valence-electron chi connectivity index (χ1n) is 16.4. The van der Waals surface area contributed by atoms with Crippen LogP contribution in [0.15, 0.2) is 85.1 Å². The number of likely N-dealkylation sites (tertiary alicyclic amines) is 2. The number of unbranched alkanes of at least 4 members (excludes halogenated alkanes) is 1. The lowest BCUT2D eigenvalue weighted by Crippen LogP contribution is -2.33. The van der Waals surface area contributed by atoms with Crippen molar-refractivity contribution in [3.8, 4) is 0 Å². The normalized spacial score (nSPS) is 17.6. The predicted octanol–water partition coefficient (Wildman–Crippen LogP) is 8.25. The van der Waals surface area contributed by atoms with Gasteiger partial charge in [-0.3, -0.25) is 9.69 Å². The van der Waals surface area contributed by atoms with Crippen LogP contribution >= 0.6 is 0 Å². The zero-order chi connectivity index (χ0) is 28.6. The molecule has 2 aliphatic heterocycles. The van der Waals surface area contributed by atoms with Crippen molar-refractivity contribution < 1.29 is 4.79 Å². The van der Waals surface area contributed by atoms with Crippen molar-refractivity contribution in [2.45, 2.75) is 70.3 Å². The van der Waals surface area contributed by atoms with Crippen molar-refractivity contribution in [3.63, 3.8) is 0 Å². The summed E-state index contributed by atoms with van der Waals surface area (Å²) in [4.78, 5) is 21.6. The van der Waals surface area contributed by atoms with E-state index in [1.165, 1.54) is 85.8 Å². The number of hydrogen-bond acceptors (Lipinski definition) is 3.